The molecule has 10 nitrogen and oxygen atoms in total. The Morgan fingerprint density at radius 1 is 1.14 bits per heavy atom. The topological polar surface area (TPSA) is 116 Å². The molecule has 43 heavy (non-hydrogen) atoms. The number of aryl methyl sites for hydroxylation is 3. The Labute approximate surface area is 266 Å². The number of benzene rings is 1. The first kappa shape index (κ1) is 31.4. The van der Waals surface area contributed by atoms with E-state index in [9.17, 15) is 14.7 Å². The predicted octanol–water partition coefficient (Wildman–Crippen LogP) is 4.08. The summed E-state index contributed by atoms with van der Waals surface area (Å²) in [5, 5.41) is 16.3. The first-order valence-corrected chi connectivity index (χ1v) is 15.8. The van der Waals surface area contributed by atoms with Gasteiger partial charge in [0.15, 0.2) is 0 Å². The van der Waals surface area contributed by atoms with Gasteiger partial charge < -0.3 is 25.2 Å². The lowest BCUT2D eigenvalue weighted by Crippen LogP contribution is -2.64. The van der Waals surface area contributed by atoms with Crippen molar-refractivity contribution in [3.63, 3.8) is 0 Å². The molecular weight excluding hydrogens is 634 g/mol. The number of carbonyl (C=O) groups excluding carboxylic acids is 2. The van der Waals surface area contributed by atoms with Crippen LogP contribution >= 0.6 is 27.5 Å². The van der Waals surface area contributed by atoms with Gasteiger partial charge in [-0.1, -0.05) is 17.7 Å². The van der Waals surface area contributed by atoms with Crippen molar-refractivity contribution in [1.82, 2.24) is 35.0 Å². The van der Waals surface area contributed by atoms with Crippen LogP contribution in [-0.4, -0.2) is 79.1 Å². The SMILES string of the molecule is CC(C)(C)NC(=O)N1CCN(C2c3ccc(Cl)cc3CCc3cc(Br)cnc32)C[C@@H]1C(=O)NCCCn1ccnc1CO. The van der Waals surface area contributed by atoms with E-state index in [0.29, 0.717) is 50.0 Å². The number of nitrogens with zero attached hydrogens (tertiary/aromatic N) is 5. The van der Waals surface area contributed by atoms with Crippen molar-refractivity contribution in [2.75, 3.05) is 26.2 Å². The van der Waals surface area contributed by atoms with E-state index >= 15 is 0 Å². The number of imidazole rings is 1. The van der Waals surface area contributed by atoms with E-state index in [0.717, 1.165) is 34.1 Å². The Kier molecular flexibility index (Phi) is 9.75. The second-order valence-electron chi connectivity index (χ2n) is 12.2. The van der Waals surface area contributed by atoms with Crippen LogP contribution in [0.4, 0.5) is 4.79 Å². The molecule has 2 atom stereocenters. The molecule has 3 aromatic rings. The lowest BCUT2D eigenvalue weighted by atomic mass is 9.95. The number of halogens is 2. The molecule has 1 unspecified atom stereocenters. The summed E-state index contributed by atoms with van der Waals surface area (Å²) in [7, 11) is 0. The van der Waals surface area contributed by atoms with E-state index in [2.05, 4.69) is 48.6 Å². The highest BCUT2D eigenvalue weighted by Gasteiger charge is 2.40. The molecule has 230 valence electrons. The molecule has 1 saturated heterocycles. The highest BCUT2D eigenvalue weighted by molar-refractivity contribution is 9.10. The van der Waals surface area contributed by atoms with Crippen molar-refractivity contribution in [2.45, 2.75) is 70.8 Å². The number of aliphatic hydroxyl groups is 1. The second-order valence-corrected chi connectivity index (χ2v) is 13.5. The molecule has 3 N–H and O–H groups in total. The van der Waals surface area contributed by atoms with Crippen molar-refractivity contribution >= 4 is 39.5 Å². The summed E-state index contributed by atoms with van der Waals surface area (Å²) in [6, 6.07) is 7.01. The van der Waals surface area contributed by atoms with Gasteiger partial charge in [-0.3, -0.25) is 14.7 Å². The van der Waals surface area contributed by atoms with E-state index in [1.165, 1.54) is 5.56 Å². The maximum Gasteiger partial charge on any atom is 0.318 e. The molecule has 1 aromatic carbocycles. The van der Waals surface area contributed by atoms with E-state index in [1.807, 2.05) is 49.9 Å². The third-order valence-corrected chi connectivity index (χ3v) is 8.60. The smallest absolute Gasteiger partial charge is 0.318 e. The number of aromatic nitrogens is 3. The van der Waals surface area contributed by atoms with E-state index in [1.54, 1.807) is 11.1 Å². The van der Waals surface area contributed by atoms with E-state index in [4.69, 9.17) is 16.6 Å². The zero-order chi connectivity index (χ0) is 30.7. The van der Waals surface area contributed by atoms with Gasteiger partial charge in [0, 0.05) is 66.3 Å². The summed E-state index contributed by atoms with van der Waals surface area (Å²) < 4.78 is 2.80. The van der Waals surface area contributed by atoms with Gasteiger partial charge >= 0.3 is 6.03 Å². The monoisotopic (exact) mass is 671 g/mol. The summed E-state index contributed by atoms with van der Waals surface area (Å²) in [4.78, 5) is 40.2. The molecule has 1 aliphatic heterocycles. The molecule has 0 saturated carbocycles. The predicted molar refractivity (Wildman–Crippen MR) is 169 cm³/mol. The summed E-state index contributed by atoms with van der Waals surface area (Å²) in [5.41, 5.74) is 3.98. The number of nitrogens with one attached hydrogen (secondary N) is 2. The number of carbonyl (C=O) groups is 2. The number of aliphatic hydroxyl groups excluding tert-OH is 1. The van der Waals surface area contributed by atoms with Crippen LogP contribution in [-0.2, 0) is 30.8 Å². The Balaban J connectivity index is 1.40. The third-order valence-electron chi connectivity index (χ3n) is 7.93. The average Bonchev–Trinajstić information content (AvgIpc) is 3.36. The van der Waals surface area contributed by atoms with E-state index < -0.39 is 11.6 Å². The fourth-order valence-electron chi connectivity index (χ4n) is 5.95. The minimum Gasteiger partial charge on any atom is -0.388 e. The van der Waals surface area contributed by atoms with Gasteiger partial charge in [-0.2, -0.15) is 0 Å². The number of amides is 3. The van der Waals surface area contributed by atoms with Crippen LogP contribution in [0.5, 0.6) is 0 Å². The highest BCUT2D eigenvalue weighted by Crippen LogP contribution is 2.38. The standard InChI is InChI=1S/C31H39BrClN7O3/c1-31(2,3)37-30(43)40-14-13-39(18-25(40)29(42)35-9-4-11-38-12-10-34-26(38)19-41)28-24-8-7-23(33)16-20(24)5-6-21-15-22(32)17-36-27(21)28/h7-8,10,12,15-17,25,28,41H,4-6,9,11,13-14,18-19H2,1-3H3,(H,35,42)(H,37,43)/t25-,28?/m1/s1. The fourth-order valence-corrected chi connectivity index (χ4v) is 6.53. The summed E-state index contributed by atoms with van der Waals surface area (Å²) in [6.07, 6.45) is 7.61. The Hall–Kier alpha value is -2.99. The molecule has 5 rings (SSSR count). The Morgan fingerprint density at radius 3 is 2.70 bits per heavy atom. The number of piperazine rings is 1. The summed E-state index contributed by atoms with van der Waals surface area (Å²) in [5.74, 6) is 0.390. The second kappa shape index (κ2) is 13.3. The number of hydrogen-bond donors (Lipinski definition) is 3. The third kappa shape index (κ3) is 7.39. The molecule has 2 aromatic heterocycles. The van der Waals surface area contributed by atoms with E-state index in [-0.39, 0.29) is 24.6 Å². The molecular formula is C31H39BrClN7O3. The van der Waals surface area contributed by atoms with Crippen LogP contribution in [0.2, 0.25) is 5.02 Å². The molecule has 2 aliphatic rings. The van der Waals surface area contributed by atoms with Crippen molar-refractivity contribution in [3.8, 4) is 0 Å². The molecule has 3 heterocycles. The van der Waals surface area contributed by atoms with Crippen LogP contribution in [0.1, 0.15) is 61.4 Å². The van der Waals surface area contributed by atoms with Crippen molar-refractivity contribution < 1.29 is 14.7 Å². The molecule has 0 bridgehead atoms. The van der Waals surface area contributed by atoms with Gasteiger partial charge in [-0.25, -0.2) is 9.78 Å². The lowest BCUT2D eigenvalue weighted by molar-refractivity contribution is -0.127. The van der Waals surface area contributed by atoms with Crippen molar-refractivity contribution in [3.05, 3.63) is 80.6 Å². The van der Waals surface area contributed by atoms with Gasteiger partial charge in [0.25, 0.3) is 0 Å². The summed E-state index contributed by atoms with van der Waals surface area (Å²) in [6.45, 7) is 8.01. The van der Waals surface area contributed by atoms with Gasteiger partial charge in [0.1, 0.15) is 18.5 Å². The maximum atomic E-state index is 13.8. The van der Waals surface area contributed by atoms with Crippen molar-refractivity contribution in [1.29, 1.82) is 0 Å². The molecule has 1 aliphatic carbocycles. The van der Waals surface area contributed by atoms with Crippen LogP contribution < -0.4 is 10.6 Å². The minimum atomic E-state index is -0.699. The van der Waals surface area contributed by atoms with Gasteiger partial charge in [-0.05, 0) is 90.9 Å². The number of urea groups is 1. The highest BCUT2D eigenvalue weighted by atomic mass is 79.9. The number of fused-ring (bicyclic) bond motifs is 2. The number of hydrogen-bond acceptors (Lipinski definition) is 6. The molecule has 0 spiro atoms. The first-order chi connectivity index (χ1) is 20.5. The molecule has 0 radical (unpaired) electrons. The Morgan fingerprint density at radius 2 is 1.93 bits per heavy atom. The lowest BCUT2D eigenvalue weighted by Gasteiger charge is -2.44. The summed E-state index contributed by atoms with van der Waals surface area (Å²) >= 11 is 10.0. The number of pyridine rings is 1. The average molecular weight is 673 g/mol. The molecule has 3 amide bonds. The van der Waals surface area contributed by atoms with Crippen molar-refractivity contribution in [2.24, 2.45) is 0 Å². The Bertz CT molecular complexity index is 1420. The fraction of sp³-hybridized carbons (Fsp3) is 0.484. The number of rotatable bonds is 7. The van der Waals surface area contributed by atoms with Gasteiger partial charge in [0.05, 0.1) is 11.7 Å². The molecule has 12 heteroatoms. The van der Waals surface area contributed by atoms with Gasteiger partial charge in [0.2, 0.25) is 5.91 Å². The zero-order valence-electron chi connectivity index (χ0n) is 24.8. The minimum absolute atomic E-state index is 0.138. The van der Waals surface area contributed by atoms with Gasteiger partial charge in [-0.15, -0.1) is 0 Å². The zero-order valence-corrected chi connectivity index (χ0v) is 27.2. The largest absolute Gasteiger partial charge is 0.388 e. The van der Waals surface area contributed by atoms with Crippen LogP contribution in [0, 0.1) is 0 Å². The molecule has 1 fully saturated rings. The first-order valence-electron chi connectivity index (χ1n) is 14.7. The quantitative estimate of drug-likeness (QED) is 0.326. The normalized spacial score (nSPS) is 18.9. The van der Waals surface area contributed by atoms with Crippen LogP contribution in [0.15, 0.2) is 47.3 Å². The van der Waals surface area contributed by atoms with Crippen LogP contribution in [0.25, 0.3) is 0 Å². The van der Waals surface area contributed by atoms with Crippen LogP contribution in [0.3, 0.4) is 0 Å². The maximum absolute atomic E-state index is 13.8.